The van der Waals surface area contributed by atoms with Crippen molar-refractivity contribution in [3.63, 3.8) is 0 Å². The molecule has 0 unspecified atom stereocenters. The fourth-order valence-corrected chi connectivity index (χ4v) is 0.995. The van der Waals surface area contributed by atoms with E-state index in [-0.39, 0.29) is 0 Å². The van der Waals surface area contributed by atoms with E-state index >= 15 is 0 Å². The van der Waals surface area contributed by atoms with Crippen LogP contribution in [0.15, 0.2) is 36.5 Å². The third-order valence-corrected chi connectivity index (χ3v) is 1.46. The van der Waals surface area contributed by atoms with Crippen molar-refractivity contribution in [3.8, 4) is 0 Å². The molecule has 0 fully saturated rings. The van der Waals surface area contributed by atoms with Gasteiger partial charge in [-0.25, -0.2) is 0 Å². The van der Waals surface area contributed by atoms with Crippen molar-refractivity contribution < 1.29 is 5.11 Å². The number of aromatic nitrogens is 1. The Labute approximate surface area is 65.5 Å². The van der Waals surface area contributed by atoms with Crippen molar-refractivity contribution in [2.24, 2.45) is 0 Å². The molecular weight excluding hydrogens is 138 g/mol. The molecule has 0 saturated carbocycles. The van der Waals surface area contributed by atoms with Crippen LogP contribution < -0.4 is 0 Å². The third kappa shape index (κ3) is 1.59. The van der Waals surface area contributed by atoms with Crippen LogP contribution in [-0.4, -0.2) is 17.2 Å². The molecule has 2 N–H and O–H groups in total. The van der Waals surface area contributed by atoms with Crippen molar-refractivity contribution in [1.82, 2.24) is 4.98 Å². The van der Waals surface area contributed by atoms with E-state index in [2.05, 4.69) is 23.2 Å². The summed E-state index contributed by atoms with van der Waals surface area (Å²) in [4.78, 5) is 3.12. The van der Waals surface area contributed by atoms with Crippen LogP contribution in [0.5, 0.6) is 0 Å². The monoisotopic (exact) mass is 149 g/mol. The summed E-state index contributed by atoms with van der Waals surface area (Å²) in [6.45, 7) is 0. The summed E-state index contributed by atoms with van der Waals surface area (Å²) in [5.74, 6) is 0. The minimum atomic E-state index is 1.00. The maximum atomic E-state index is 7.00. The first kappa shape index (κ1) is 7.82. The van der Waals surface area contributed by atoms with Gasteiger partial charge in [0.1, 0.15) is 0 Å². The van der Waals surface area contributed by atoms with Gasteiger partial charge in [0, 0.05) is 18.8 Å². The van der Waals surface area contributed by atoms with Gasteiger partial charge in [-0.05, 0) is 17.5 Å². The number of hydrogen-bond donors (Lipinski definition) is 2. The molecule has 0 saturated heterocycles. The largest absolute Gasteiger partial charge is 0.400 e. The van der Waals surface area contributed by atoms with E-state index in [1.54, 1.807) is 0 Å². The summed E-state index contributed by atoms with van der Waals surface area (Å²) in [6, 6.07) is 10.3. The molecule has 0 radical (unpaired) electrons. The van der Waals surface area contributed by atoms with Gasteiger partial charge in [0.2, 0.25) is 0 Å². The van der Waals surface area contributed by atoms with Crippen LogP contribution in [-0.2, 0) is 0 Å². The van der Waals surface area contributed by atoms with Crippen LogP contribution >= 0.6 is 0 Å². The molecule has 2 heteroatoms. The van der Waals surface area contributed by atoms with Crippen LogP contribution in [0, 0.1) is 0 Å². The average Bonchev–Trinajstić information content (AvgIpc) is 2.55. The fraction of sp³-hybridized carbons (Fsp3) is 0.111. The molecule has 0 amide bonds. The summed E-state index contributed by atoms with van der Waals surface area (Å²) < 4.78 is 0. The number of rotatable bonds is 0. The minimum Gasteiger partial charge on any atom is -0.400 e. The van der Waals surface area contributed by atoms with Crippen molar-refractivity contribution in [2.75, 3.05) is 7.11 Å². The zero-order chi connectivity index (χ0) is 8.10. The molecule has 1 heterocycles. The van der Waals surface area contributed by atoms with E-state index in [4.69, 9.17) is 5.11 Å². The molecule has 58 valence electrons. The van der Waals surface area contributed by atoms with Crippen LogP contribution in [0.4, 0.5) is 0 Å². The molecular formula is C9H11NO. The highest BCUT2D eigenvalue weighted by molar-refractivity contribution is 5.78. The minimum absolute atomic E-state index is 1.00. The Kier molecular flexibility index (Phi) is 2.69. The Morgan fingerprint density at radius 2 is 1.82 bits per heavy atom. The molecule has 0 atom stereocenters. The summed E-state index contributed by atoms with van der Waals surface area (Å²) >= 11 is 0. The fourth-order valence-electron chi connectivity index (χ4n) is 0.995. The number of H-pyrrole nitrogens is 1. The zero-order valence-electron chi connectivity index (χ0n) is 6.41. The summed E-state index contributed by atoms with van der Waals surface area (Å²) in [5, 5.41) is 8.28. The van der Waals surface area contributed by atoms with Crippen LogP contribution in [0.3, 0.4) is 0 Å². The van der Waals surface area contributed by atoms with E-state index in [1.165, 1.54) is 10.9 Å². The lowest BCUT2D eigenvalue weighted by Gasteiger charge is -1.83. The van der Waals surface area contributed by atoms with Gasteiger partial charge >= 0.3 is 0 Å². The van der Waals surface area contributed by atoms with Crippen LogP contribution in [0.2, 0.25) is 0 Å². The standard InChI is InChI=1S/C8H7N.CH4O/c1-2-4-8-7(3-1)5-6-9-8;1-2/h1-6,9H;2H,1H3. The Hall–Kier alpha value is -1.28. The van der Waals surface area contributed by atoms with Crippen molar-refractivity contribution in [1.29, 1.82) is 0 Å². The van der Waals surface area contributed by atoms with Gasteiger partial charge in [-0.2, -0.15) is 0 Å². The molecule has 2 aromatic rings. The molecule has 0 aliphatic rings. The number of benzene rings is 1. The maximum Gasteiger partial charge on any atom is 0.0453 e. The lowest BCUT2D eigenvalue weighted by atomic mass is 10.3. The Bertz CT molecular complexity index is 284. The van der Waals surface area contributed by atoms with Gasteiger partial charge in [-0.1, -0.05) is 18.2 Å². The Balaban J connectivity index is 0.000000281. The highest BCUT2D eigenvalue weighted by atomic mass is 16.2. The van der Waals surface area contributed by atoms with Crippen molar-refractivity contribution >= 4 is 10.9 Å². The topological polar surface area (TPSA) is 36.0 Å². The number of nitrogens with one attached hydrogen (secondary N) is 1. The average molecular weight is 149 g/mol. The Morgan fingerprint density at radius 1 is 1.09 bits per heavy atom. The molecule has 0 aliphatic carbocycles. The predicted molar refractivity (Wildman–Crippen MR) is 46.4 cm³/mol. The number of hydrogen-bond acceptors (Lipinski definition) is 1. The summed E-state index contributed by atoms with van der Waals surface area (Å²) in [5.41, 5.74) is 1.21. The van der Waals surface area contributed by atoms with E-state index in [0.29, 0.717) is 0 Å². The first-order valence-electron chi connectivity index (χ1n) is 3.44. The van der Waals surface area contributed by atoms with Crippen LogP contribution in [0.1, 0.15) is 0 Å². The quantitative estimate of drug-likeness (QED) is 0.588. The normalized spacial score (nSPS) is 8.91. The smallest absolute Gasteiger partial charge is 0.0453 e. The van der Waals surface area contributed by atoms with Gasteiger partial charge in [0.15, 0.2) is 0 Å². The first-order valence-corrected chi connectivity index (χ1v) is 3.44. The molecule has 11 heavy (non-hydrogen) atoms. The summed E-state index contributed by atoms with van der Waals surface area (Å²) in [6.07, 6.45) is 1.95. The van der Waals surface area contributed by atoms with Crippen LogP contribution in [0.25, 0.3) is 10.9 Å². The Morgan fingerprint density at radius 3 is 2.55 bits per heavy atom. The van der Waals surface area contributed by atoms with Gasteiger partial charge in [0.25, 0.3) is 0 Å². The molecule has 2 rings (SSSR count). The predicted octanol–water partition coefficient (Wildman–Crippen LogP) is 1.78. The second-order valence-corrected chi connectivity index (χ2v) is 2.06. The van der Waals surface area contributed by atoms with E-state index in [0.717, 1.165) is 7.11 Å². The van der Waals surface area contributed by atoms with Gasteiger partial charge in [0.05, 0.1) is 0 Å². The number of aliphatic hydroxyl groups is 1. The van der Waals surface area contributed by atoms with Crippen molar-refractivity contribution in [3.05, 3.63) is 36.5 Å². The first-order chi connectivity index (χ1) is 5.47. The van der Waals surface area contributed by atoms with E-state index in [1.807, 2.05) is 18.3 Å². The molecule has 2 nitrogen and oxygen atoms in total. The SMILES string of the molecule is CO.c1ccc2[nH]ccc2c1. The van der Waals surface area contributed by atoms with Gasteiger partial charge < -0.3 is 10.1 Å². The highest BCUT2D eigenvalue weighted by Crippen LogP contribution is 2.09. The maximum absolute atomic E-state index is 7.00. The number of aliphatic hydroxyl groups excluding tert-OH is 1. The molecule has 0 aliphatic heterocycles. The third-order valence-electron chi connectivity index (χ3n) is 1.46. The zero-order valence-corrected chi connectivity index (χ0v) is 6.41. The number of fused-ring (bicyclic) bond motifs is 1. The molecule has 1 aromatic heterocycles. The van der Waals surface area contributed by atoms with Gasteiger partial charge in [-0.15, -0.1) is 0 Å². The molecule has 0 spiro atoms. The lowest BCUT2D eigenvalue weighted by molar-refractivity contribution is 0.399. The van der Waals surface area contributed by atoms with Gasteiger partial charge in [-0.3, -0.25) is 0 Å². The lowest BCUT2D eigenvalue weighted by Crippen LogP contribution is -1.61. The molecule has 1 aromatic carbocycles. The number of para-hydroxylation sites is 1. The second-order valence-electron chi connectivity index (χ2n) is 2.06. The molecule has 0 bridgehead atoms. The second kappa shape index (κ2) is 3.78. The number of aromatic amines is 1. The van der Waals surface area contributed by atoms with Crippen molar-refractivity contribution in [2.45, 2.75) is 0 Å². The summed E-state index contributed by atoms with van der Waals surface area (Å²) in [7, 11) is 1.00. The highest BCUT2D eigenvalue weighted by Gasteiger charge is 1.86. The van der Waals surface area contributed by atoms with E-state index in [9.17, 15) is 0 Å². The van der Waals surface area contributed by atoms with E-state index < -0.39 is 0 Å².